The van der Waals surface area contributed by atoms with Crippen molar-refractivity contribution < 1.29 is 9.59 Å². The average Bonchev–Trinajstić information content (AvgIpc) is 3.04. The third-order valence-corrected chi connectivity index (χ3v) is 4.84. The molecule has 1 aliphatic heterocycles. The molecule has 1 saturated heterocycles. The molecule has 1 fully saturated rings. The summed E-state index contributed by atoms with van der Waals surface area (Å²) in [4.78, 5) is 27.2. The van der Waals surface area contributed by atoms with Crippen LogP contribution in [-0.2, 0) is 11.3 Å². The second-order valence-electron chi connectivity index (χ2n) is 4.77. The maximum Gasteiger partial charge on any atom is 0.293 e. The molecule has 0 unspecified atom stereocenters. The van der Waals surface area contributed by atoms with Gasteiger partial charge in [-0.15, -0.1) is 11.3 Å². The van der Waals surface area contributed by atoms with Gasteiger partial charge in [-0.1, -0.05) is 35.9 Å². The summed E-state index contributed by atoms with van der Waals surface area (Å²) >= 11 is 2.56. The molecule has 1 aromatic heterocycles. The highest BCUT2D eigenvalue weighted by Gasteiger charge is 2.34. The highest BCUT2D eigenvalue weighted by atomic mass is 32.2. The molecule has 3 nitrogen and oxygen atoms in total. The normalized spacial score (nSPS) is 17.0. The van der Waals surface area contributed by atoms with E-state index in [0.717, 1.165) is 27.8 Å². The summed E-state index contributed by atoms with van der Waals surface area (Å²) in [5.41, 5.74) is 2.09. The Morgan fingerprint density at radius 3 is 2.76 bits per heavy atom. The molecule has 21 heavy (non-hydrogen) atoms. The van der Waals surface area contributed by atoms with Crippen LogP contribution in [0.4, 0.5) is 4.79 Å². The fraction of sp³-hybridized carbons (Fsp3) is 0.125. The molecule has 5 heteroatoms. The van der Waals surface area contributed by atoms with Crippen LogP contribution < -0.4 is 0 Å². The second-order valence-corrected chi connectivity index (χ2v) is 6.74. The number of carbonyl (C=O) groups is 2. The third-order valence-electron chi connectivity index (χ3n) is 3.11. The Balaban J connectivity index is 1.81. The van der Waals surface area contributed by atoms with Crippen LogP contribution in [0, 0.1) is 6.92 Å². The van der Waals surface area contributed by atoms with Gasteiger partial charge in [0.1, 0.15) is 0 Å². The van der Waals surface area contributed by atoms with E-state index >= 15 is 0 Å². The minimum absolute atomic E-state index is 0.204. The Bertz CT molecular complexity index is 720. The molecular weight excluding hydrogens is 302 g/mol. The topological polar surface area (TPSA) is 37.4 Å². The van der Waals surface area contributed by atoms with E-state index in [1.807, 2.05) is 48.7 Å². The zero-order valence-corrected chi connectivity index (χ0v) is 13.0. The monoisotopic (exact) mass is 315 g/mol. The third kappa shape index (κ3) is 3.09. The van der Waals surface area contributed by atoms with E-state index in [9.17, 15) is 9.59 Å². The number of nitrogens with zero attached hydrogens (tertiary/aromatic N) is 1. The van der Waals surface area contributed by atoms with Gasteiger partial charge < -0.3 is 0 Å². The van der Waals surface area contributed by atoms with Crippen LogP contribution >= 0.6 is 23.1 Å². The molecule has 106 valence electrons. The van der Waals surface area contributed by atoms with E-state index in [1.54, 1.807) is 17.4 Å². The molecular formula is C16H13NO2S2. The van der Waals surface area contributed by atoms with E-state index in [1.165, 1.54) is 4.90 Å². The largest absolute Gasteiger partial charge is 0.293 e. The summed E-state index contributed by atoms with van der Waals surface area (Å²) in [6.45, 7) is 2.32. The molecule has 3 rings (SSSR count). The van der Waals surface area contributed by atoms with Crippen molar-refractivity contribution in [3.8, 4) is 0 Å². The minimum Gasteiger partial charge on any atom is -0.268 e. The van der Waals surface area contributed by atoms with Crippen molar-refractivity contribution in [1.29, 1.82) is 0 Å². The maximum absolute atomic E-state index is 12.4. The number of thioether (sulfide) groups is 1. The first kappa shape index (κ1) is 14.1. The standard InChI is InChI=1S/C16H13NO2S2/c1-11-4-2-5-12(8-11)10-17-15(18)14(21-16(17)19)9-13-6-3-7-20-13/h2-9H,10H2,1H3/b14-9+. The van der Waals surface area contributed by atoms with Crippen molar-refractivity contribution in [2.45, 2.75) is 13.5 Å². The molecule has 0 bridgehead atoms. The number of rotatable bonds is 3. The zero-order chi connectivity index (χ0) is 14.8. The molecule has 0 spiro atoms. The lowest BCUT2D eigenvalue weighted by Gasteiger charge is -2.12. The highest BCUT2D eigenvalue weighted by molar-refractivity contribution is 8.18. The number of aryl methyl sites for hydroxylation is 1. The predicted molar refractivity (Wildman–Crippen MR) is 87.0 cm³/mol. The van der Waals surface area contributed by atoms with Crippen LogP contribution in [0.3, 0.4) is 0 Å². The number of imide groups is 1. The van der Waals surface area contributed by atoms with Crippen molar-refractivity contribution in [2.24, 2.45) is 0 Å². The highest BCUT2D eigenvalue weighted by Crippen LogP contribution is 2.33. The number of carbonyl (C=O) groups excluding carboxylic acids is 2. The number of benzene rings is 1. The summed E-state index contributed by atoms with van der Waals surface area (Å²) in [5.74, 6) is -0.208. The molecule has 0 saturated carbocycles. The van der Waals surface area contributed by atoms with Gasteiger partial charge >= 0.3 is 0 Å². The van der Waals surface area contributed by atoms with Crippen molar-refractivity contribution in [3.05, 3.63) is 62.7 Å². The summed E-state index contributed by atoms with van der Waals surface area (Å²) in [6, 6.07) is 11.7. The van der Waals surface area contributed by atoms with E-state index in [4.69, 9.17) is 0 Å². The second kappa shape index (κ2) is 5.87. The summed E-state index contributed by atoms with van der Waals surface area (Å²) < 4.78 is 0. The van der Waals surface area contributed by atoms with E-state index < -0.39 is 0 Å². The Morgan fingerprint density at radius 2 is 2.05 bits per heavy atom. The van der Waals surface area contributed by atoms with Gasteiger partial charge in [0, 0.05) is 4.88 Å². The smallest absolute Gasteiger partial charge is 0.268 e. The van der Waals surface area contributed by atoms with Crippen molar-refractivity contribution in [1.82, 2.24) is 4.90 Å². The number of hydrogen-bond donors (Lipinski definition) is 0. The van der Waals surface area contributed by atoms with Gasteiger partial charge in [0.25, 0.3) is 11.1 Å². The molecule has 1 aromatic carbocycles. The van der Waals surface area contributed by atoms with Crippen molar-refractivity contribution in [2.75, 3.05) is 0 Å². The predicted octanol–water partition coefficient (Wildman–Crippen LogP) is 4.29. The Hall–Kier alpha value is -1.85. The van der Waals surface area contributed by atoms with Crippen LogP contribution in [0.15, 0.2) is 46.7 Å². The number of thiophene rings is 1. The first-order chi connectivity index (χ1) is 10.1. The van der Waals surface area contributed by atoms with Gasteiger partial charge in [0.2, 0.25) is 0 Å². The average molecular weight is 315 g/mol. The number of hydrogen-bond acceptors (Lipinski definition) is 4. The summed E-state index contributed by atoms with van der Waals surface area (Å²) in [6.07, 6.45) is 1.78. The lowest BCUT2D eigenvalue weighted by Crippen LogP contribution is -2.27. The van der Waals surface area contributed by atoms with Crippen molar-refractivity contribution >= 4 is 40.3 Å². The van der Waals surface area contributed by atoms with Crippen LogP contribution in [0.25, 0.3) is 6.08 Å². The van der Waals surface area contributed by atoms with E-state index in [2.05, 4.69) is 0 Å². The number of amides is 2. The first-order valence-electron chi connectivity index (χ1n) is 6.48. The zero-order valence-electron chi connectivity index (χ0n) is 11.4. The van der Waals surface area contributed by atoms with Crippen molar-refractivity contribution in [3.63, 3.8) is 0 Å². The fourth-order valence-corrected chi connectivity index (χ4v) is 3.69. The van der Waals surface area contributed by atoms with Gasteiger partial charge in [0.15, 0.2) is 0 Å². The molecule has 2 heterocycles. The lowest BCUT2D eigenvalue weighted by molar-refractivity contribution is -0.123. The Labute approximate surface area is 131 Å². The molecule has 2 aromatic rings. The van der Waals surface area contributed by atoms with Gasteiger partial charge in [-0.3, -0.25) is 14.5 Å². The van der Waals surface area contributed by atoms with E-state index in [-0.39, 0.29) is 11.1 Å². The fourth-order valence-electron chi connectivity index (χ4n) is 2.13. The van der Waals surface area contributed by atoms with Gasteiger partial charge in [-0.05, 0) is 41.8 Å². The van der Waals surface area contributed by atoms with Crippen LogP contribution in [0.1, 0.15) is 16.0 Å². The quantitative estimate of drug-likeness (QED) is 0.793. The molecule has 0 aliphatic carbocycles. The minimum atomic E-state index is -0.208. The SMILES string of the molecule is Cc1cccc(CN2C(=O)S/C(=C/c3cccs3)C2=O)c1. The van der Waals surface area contributed by atoms with Gasteiger partial charge in [-0.2, -0.15) is 0 Å². The van der Waals surface area contributed by atoms with Gasteiger partial charge in [0.05, 0.1) is 11.4 Å². The lowest BCUT2D eigenvalue weighted by atomic mass is 10.1. The molecule has 0 radical (unpaired) electrons. The molecule has 1 aliphatic rings. The van der Waals surface area contributed by atoms with Crippen LogP contribution in [0.5, 0.6) is 0 Å². The van der Waals surface area contributed by atoms with Crippen LogP contribution in [-0.4, -0.2) is 16.0 Å². The van der Waals surface area contributed by atoms with E-state index in [0.29, 0.717) is 11.4 Å². The maximum atomic E-state index is 12.4. The molecule has 0 N–H and O–H groups in total. The summed E-state index contributed by atoms with van der Waals surface area (Å²) in [5, 5.41) is 1.74. The molecule has 2 amide bonds. The molecule has 0 atom stereocenters. The van der Waals surface area contributed by atoms with Crippen LogP contribution in [0.2, 0.25) is 0 Å². The Kier molecular flexibility index (Phi) is 3.94. The van der Waals surface area contributed by atoms with Gasteiger partial charge in [-0.25, -0.2) is 0 Å². The first-order valence-corrected chi connectivity index (χ1v) is 8.17. The Morgan fingerprint density at radius 1 is 1.19 bits per heavy atom. The summed E-state index contributed by atoms with van der Waals surface area (Å²) in [7, 11) is 0.